The van der Waals surface area contributed by atoms with Crippen molar-refractivity contribution in [2.75, 3.05) is 11.9 Å². The number of primary amides is 1. The third-order valence-corrected chi connectivity index (χ3v) is 2.93. The molecule has 3 N–H and O–H groups in total. The van der Waals surface area contributed by atoms with Crippen molar-refractivity contribution < 1.29 is 4.79 Å². The second kappa shape index (κ2) is 6.39. The van der Waals surface area contributed by atoms with Gasteiger partial charge in [0.25, 0.3) is 5.56 Å². The van der Waals surface area contributed by atoms with E-state index in [2.05, 4.69) is 26.3 Å². The lowest BCUT2D eigenvalue weighted by Gasteiger charge is -2.08. The number of nitrogens with two attached hydrogens (primary N) is 1. The molecule has 1 aromatic rings. The smallest absolute Gasteiger partial charge is 0.283 e. The van der Waals surface area contributed by atoms with Crippen LogP contribution in [0.4, 0.5) is 5.69 Å². The molecule has 94 valence electrons. The van der Waals surface area contributed by atoms with Crippen LogP contribution in [-0.4, -0.2) is 22.2 Å². The van der Waals surface area contributed by atoms with E-state index in [0.717, 1.165) is 12.8 Å². The molecule has 0 saturated carbocycles. The summed E-state index contributed by atoms with van der Waals surface area (Å²) in [7, 11) is 0. The van der Waals surface area contributed by atoms with Crippen molar-refractivity contribution in [3.8, 4) is 0 Å². The van der Waals surface area contributed by atoms with Gasteiger partial charge in [0.15, 0.2) is 0 Å². The van der Waals surface area contributed by atoms with Crippen LogP contribution in [0.5, 0.6) is 0 Å². The van der Waals surface area contributed by atoms with E-state index in [0.29, 0.717) is 16.7 Å². The number of amides is 1. The summed E-state index contributed by atoms with van der Waals surface area (Å²) >= 11 is 3.19. The van der Waals surface area contributed by atoms with Gasteiger partial charge in [0.05, 0.1) is 18.4 Å². The summed E-state index contributed by atoms with van der Waals surface area (Å²) in [4.78, 5) is 22.5. The highest BCUT2D eigenvalue weighted by atomic mass is 79.9. The summed E-state index contributed by atoms with van der Waals surface area (Å²) < 4.78 is 1.76. The lowest BCUT2D eigenvalue weighted by Crippen LogP contribution is -2.27. The van der Waals surface area contributed by atoms with Crippen LogP contribution < -0.4 is 16.6 Å². The van der Waals surface area contributed by atoms with E-state index in [-0.39, 0.29) is 12.1 Å². The molecule has 6 nitrogen and oxygen atoms in total. The molecular weight excluding hydrogens is 288 g/mol. The number of hydrogen-bond donors (Lipinski definition) is 2. The molecule has 0 radical (unpaired) electrons. The summed E-state index contributed by atoms with van der Waals surface area (Å²) in [6, 6.07) is 0. The number of rotatable bonds is 6. The van der Waals surface area contributed by atoms with Gasteiger partial charge in [0.1, 0.15) is 4.47 Å². The van der Waals surface area contributed by atoms with Crippen molar-refractivity contribution >= 4 is 27.5 Å². The van der Waals surface area contributed by atoms with Gasteiger partial charge in [-0.2, -0.15) is 5.10 Å². The fraction of sp³-hybridized carbons (Fsp3) is 0.500. The van der Waals surface area contributed by atoms with Crippen LogP contribution in [0, 0.1) is 0 Å². The van der Waals surface area contributed by atoms with Crippen LogP contribution in [-0.2, 0) is 11.3 Å². The van der Waals surface area contributed by atoms with Gasteiger partial charge in [-0.05, 0) is 22.4 Å². The summed E-state index contributed by atoms with van der Waals surface area (Å²) in [6.07, 6.45) is 3.39. The Kier molecular flexibility index (Phi) is 5.14. The van der Waals surface area contributed by atoms with Gasteiger partial charge in [-0.15, -0.1) is 0 Å². The van der Waals surface area contributed by atoms with E-state index >= 15 is 0 Å². The molecule has 1 rings (SSSR count). The highest BCUT2D eigenvalue weighted by molar-refractivity contribution is 9.10. The number of unbranched alkanes of at least 4 members (excludes halogenated alkanes) is 1. The largest absolute Gasteiger partial charge is 0.374 e. The van der Waals surface area contributed by atoms with E-state index in [1.807, 2.05) is 6.92 Å². The first kappa shape index (κ1) is 13.7. The average Bonchev–Trinajstić information content (AvgIpc) is 2.29. The zero-order valence-electron chi connectivity index (χ0n) is 9.57. The minimum absolute atomic E-state index is 0.0291. The van der Waals surface area contributed by atoms with Crippen molar-refractivity contribution in [1.29, 1.82) is 0 Å². The first-order chi connectivity index (χ1) is 8.06. The molecule has 0 unspecified atom stereocenters. The number of carbonyl (C=O) groups is 1. The highest BCUT2D eigenvalue weighted by Gasteiger charge is 2.08. The molecule has 1 aromatic heterocycles. The lowest BCUT2D eigenvalue weighted by atomic mass is 10.3. The van der Waals surface area contributed by atoms with Crippen LogP contribution >= 0.6 is 15.9 Å². The number of aryl methyl sites for hydroxylation is 1. The molecule has 0 atom stereocenters. The van der Waals surface area contributed by atoms with Crippen LogP contribution in [0.15, 0.2) is 15.5 Å². The van der Waals surface area contributed by atoms with Crippen molar-refractivity contribution in [2.24, 2.45) is 5.73 Å². The Morgan fingerprint density at radius 2 is 2.35 bits per heavy atom. The molecule has 17 heavy (non-hydrogen) atoms. The van der Waals surface area contributed by atoms with Gasteiger partial charge < -0.3 is 11.1 Å². The molecule has 0 aliphatic rings. The molecule has 0 aliphatic carbocycles. The Hall–Kier alpha value is -1.37. The van der Waals surface area contributed by atoms with E-state index in [1.165, 1.54) is 10.9 Å². The Morgan fingerprint density at radius 1 is 1.65 bits per heavy atom. The van der Waals surface area contributed by atoms with Gasteiger partial charge in [-0.25, -0.2) is 4.68 Å². The minimum atomic E-state index is -0.493. The molecule has 0 saturated heterocycles. The van der Waals surface area contributed by atoms with Crippen LogP contribution in [0.2, 0.25) is 0 Å². The fourth-order valence-corrected chi connectivity index (χ4v) is 1.69. The Bertz CT molecular complexity index is 458. The van der Waals surface area contributed by atoms with Crippen LogP contribution in [0.25, 0.3) is 0 Å². The maximum absolute atomic E-state index is 11.8. The Morgan fingerprint density at radius 3 is 2.94 bits per heavy atom. The first-order valence-electron chi connectivity index (χ1n) is 5.34. The zero-order chi connectivity index (χ0) is 12.8. The zero-order valence-corrected chi connectivity index (χ0v) is 11.2. The maximum atomic E-state index is 11.8. The topological polar surface area (TPSA) is 90.0 Å². The van der Waals surface area contributed by atoms with Gasteiger partial charge in [-0.3, -0.25) is 9.59 Å². The SMILES string of the molecule is CCCCn1ncc(NCC(N)=O)c(Br)c1=O. The summed E-state index contributed by atoms with van der Waals surface area (Å²) in [5, 5.41) is 6.75. The number of hydrogen-bond acceptors (Lipinski definition) is 4. The summed E-state index contributed by atoms with van der Waals surface area (Å²) in [6.45, 7) is 2.60. The highest BCUT2D eigenvalue weighted by Crippen LogP contribution is 2.15. The molecule has 0 fully saturated rings. The van der Waals surface area contributed by atoms with Crippen molar-refractivity contribution in [3.05, 3.63) is 21.0 Å². The molecule has 0 spiro atoms. The molecule has 0 aliphatic heterocycles. The number of carbonyl (C=O) groups excluding carboxylic acids is 1. The minimum Gasteiger partial charge on any atom is -0.374 e. The maximum Gasteiger partial charge on any atom is 0.283 e. The first-order valence-corrected chi connectivity index (χ1v) is 6.13. The number of halogens is 1. The third-order valence-electron chi connectivity index (χ3n) is 2.16. The molecule has 1 heterocycles. The lowest BCUT2D eigenvalue weighted by molar-refractivity contribution is -0.116. The van der Waals surface area contributed by atoms with Crippen molar-refractivity contribution in [2.45, 2.75) is 26.3 Å². The standard InChI is InChI=1S/C10H15BrN4O2/c1-2-3-4-15-10(17)9(11)7(5-14-15)13-6-8(12)16/h5,13H,2-4,6H2,1H3,(H2,12,16). The normalized spacial score (nSPS) is 10.2. The second-order valence-electron chi connectivity index (χ2n) is 3.57. The predicted octanol–water partition coefficient (Wildman–Crippen LogP) is 0.703. The number of aromatic nitrogens is 2. The number of nitrogens with one attached hydrogen (secondary N) is 1. The quantitative estimate of drug-likeness (QED) is 0.809. The fourth-order valence-electron chi connectivity index (χ4n) is 1.24. The molecular formula is C10H15BrN4O2. The van der Waals surface area contributed by atoms with Gasteiger partial charge >= 0.3 is 0 Å². The number of nitrogens with zero attached hydrogens (tertiary/aromatic N) is 2. The van der Waals surface area contributed by atoms with Crippen LogP contribution in [0.3, 0.4) is 0 Å². The van der Waals surface area contributed by atoms with E-state index in [9.17, 15) is 9.59 Å². The Labute approximate surface area is 107 Å². The molecule has 0 bridgehead atoms. The average molecular weight is 303 g/mol. The monoisotopic (exact) mass is 302 g/mol. The van der Waals surface area contributed by atoms with E-state index in [4.69, 9.17) is 5.73 Å². The molecule has 7 heteroatoms. The summed E-state index contributed by atoms with van der Waals surface area (Å²) in [5.74, 6) is -0.493. The van der Waals surface area contributed by atoms with Crippen molar-refractivity contribution in [3.63, 3.8) is 0 Å². The molecule has 0 aromatic carbocycles. The Balaban J connectivity index is 2.86. The van der Waals surface area contributed by atoms with E-state index < -0.39 is 5.91 Å². The van der Waals surface area contributed by atoms with Gasteiger partial charge in [0, 0.05) is 6.54 Å². The summed E-state index contributed by atoms with van der Waals surface area (Å²) in [5.41, 5.74) is 5.26. The third kappa shape index (κ3) is 3.85. The van der Waals surface area contributed by atoms with Crippen LogP contribution in [0.1, 0.15) is 19.8 Å². The van der Waals surface area contributed by atoms with Crippen molar-refractivity contribution in [1.82, 2.24) is 9.78 Å². The van der Waals surface area contributed by atoms with E-state index in [1.54, 1.807) is 0 Å². The van der Waals surface area contributed by atoms with Gasteiger partial charge in [0.2, 0.25) is 5.91 Å². The predicted molar refractivity (Wildman–Crippen MR) is 68.8 cm³/mol. The number of anilines is 1. The second-order valence-corrected chi connectivity index (χ2v) is 4.37. The molecule has 1 amide bonds. The van der Waals surface area contributed by atoms with Gasteiger partial charge in [-0.1, -0.05) is 13.3 Å².